The third kappa shape index (κ3) is 4.78. The van der Waals surface area contributed by atoms with Crippen molar-refractivity contribution in [3.05, 3.63) is 18.1 Å². The molecule has 0 saturated carbocycles. The van der Waals surface area contributed by atoms with Crippen molar-refractivity contribution in [2.75, 3.05) is 25.0 Å². The van der Waals surface area contributed by atoms with Gasteiger partial charge >= 0.3 is 0 Å². The van der Waals surface area contributed by atoms with Gasteiger partial charge in [0.05, 0.1) is 6.54 Å². The van der Waals surface area contributed by atoms with Crippen LogP contribution in [0.5, 0.6) is 0 Å². The maximum Gasteiger partial charge on any atom is 0.239 e. The van der Waals surface area contributed by atoms with Gasteiger partial charge in [0.25, 0.3) is 0 Å². The Hall–Kier alpha value is -1.76. The average Bonchev–Trinajstić information content (AvgIpc) is 2.36. The number of nitrogens with zero attached hydrogens (tertiary/aromatic N) is 3. The highest BCUT2D eigenvalue weighted by Gasteiger charge is 2.14. The first kappa shape index (κ1) is 15.3. The van der Waals surface area contributed by atoms with Crippen LogP contribution in [0.2, 0.25) is 0 Å². The van der Waals surface area contributed by atoms with Crippen LogP contribution in [0.1, 0.15) is 19.5 Å². The van der Waals surface area contributed by atoms with E-state index in [0.717, 1.165) is 0 Å². The number of rotatable bonds is 6. The number of carbonyl (C=O) groups is 1. The molecule has 0 aliphatic heterocycles. The molecule has 0 aromatic carbocycles. The van der Waals surface area contributed by atoms with E-state index >= 15 is 0 Å². The lowest BCUT2D eigenvalue weighted by Crippen LogP contribution is -2.38. The Bertz CT molecular complexity index is 463. The van der Waals surface area contributed by atoms with Gasteiger partial charge in [-0.1, -0.05) is 26.1 Å². The number of nitrogens with one attached hydrogen (secondary N) is 1. The molecule has 0 aliphatic rings. The Labute approximate surface area is 118 Å². The molecule has 0 unspecified atom stereocenters. The SMILES string of the molecule is CC(C)CNC(=O)CN(C)c1nccnc1C(N)=S. The van der Waals surface area contributed by atoms with Gasteiger partial charge in [0.2, 0.25) is 5.91 Å². The quantitative estimate of drug-likeness (QED) is 0.731. The molecule has 3 N–H and O–H groups in total. The topological polar surface area (TPSA) is 84.1 Å². The minimum absolute atomic E-state index is 0.0734. The van der Waals surface area contributed by atoms with Gasteiger partial charge in [0, 0.05) is 26.0 Å². The summed E-state index contributed by atoms with van der Waals surface area (Å²) in [7, 11) is 1.75. The number of aromatic nitrogens is 2. The molecule has 0 saturated heterocycles. The second kappa shape index (κ2) is 6.98. The van der Waals surface area contributed by atoms with Crippen LogP contribution in [0.4, 0.5) is 5.82 Å². The zero-order valence-corrected chi connectivity index (χ0v) is 12.2. The Morgan fingerprint density at radius 2 is 2.11 bits per heavy atom. The van der Waals surface area contributed by atoms with Crippen LogP contribution in [0.25, 0.3) is 0 Å². The van der Waals surface area contributed by atoms with E-state index in [0.29, 0.717) is 24.0 Å². The summed E-state index contributed by atoms with van der Waals surface area (Å²) >= 11 is 4.92. The van der Waals surface area contributed by atoms with Gasteiger partial charge in [-0.3, -0.25) is 4.79 Å². The second-order valence-corrected chi connectivity index (χ2v) is 5.09. The molecular formula is C12H19N5OS. The molecule has 1 amide bonds. The summed E-state index contributed by atoms with van der Waals surface area (Å²) in [5.41, 5.74) is 6.01. The Kier molecular flexibility index (Phi) is 5.62. The summed E-state index contributed by atoms with van der Waals surface area (Å²) in [5.74, 6) is 0.850. The third-order valence-corrected chi connectivity index (χ3v) is 2.56. The van der Waals surface area contributed by atoms with Gasteiger partial charge in [-0.15, -0.1) is 0 Å². The maximum atomic E-state index is 11.7. The zero-order chi connectivity index (χ0) is 14.4. The van der Waals surface area contributed by atoms with E-state index < -0.39 is 0 Å². The first-order chi connectivity index (χ1) is 8.91. The van der Waals surface area contributed by atoms with E-state index in [-0.39, 0.29) is 17.4 Å². The van der Waals surface area contributed by atoms with Gasteiger partial charge in [0.1, 0.15) is 10.7 Å². The number of thiocarbonyl (C=S) groups is 1. The number of likely N-dealkylation sites (N-methyl/N-ethyl adjacent to an activating group) is 1. The van der Waals surface area contributed by atoms with E-state index in [4.69, 9.17) is 18.0 Å². The highest BCUT2D eigenvalue weighted by atomic mass is 32.1. The number of anilines is 1. The molecule has 0 aliphatic carbocycles. The van der Waals surface area contributed by atoms with Crippen molar-refractivity contribution in [2.24, 2.45) is 11.7 Å². The molecule has 1 aromatic rings. The van der Waals surface area contributed by atoms with Crippen molar-refractivity contribution >= 4 is 28.9 Å². The number of carbonyl (C=O) groups excluding carboxylic acids is 1. The van der Waals surface area contributed by atoms with Crippen molar-refractivity contribution < 1.29 is 4.79 Å². The molecule has 0 bridgehead atoms. The zero-order valence-electron chi connectivity index (χ0n) is 11.4. The fourth-order valence-corrected chi connectivity index (χ4v) is 1.59. The monoisotopic (exact) mass is 281 g/mol. The summed E-state index contributed by atoms with van der Waals surface area (Å²) in [4.78, 5) is 21.8. The smallest absolute Gasteiger partial charge is 0.239 e. The average molecular weight is 281 g/mol. The van der Waals surface area contributed by atoms with Crippen LogP contribution >= 0.6 is 12.2 Å². The number of hydrogen-bond acceptors (Lipinski definition) is 5. The molecule has 0 fully saturated rings. The standard InChI is InChI=1S/C12H19N5OS/c1-8(2)6-16-9(18)7-17(3)12-10(11(13)19)14-4-5-15-12/h4-5,8H,6-7H2,1-3H3,(H2,13,19)(H,16,18). The molecule has 19 heavy (non-hydrogen) atoms. The van der Waals surface area contributed by atoms with Crippen LogP contribution in [0.3, 0.4) is 0 Å². The number of nitrogens with two attached hydrogens (primary N) is 1. The minimum Gasteiger partial charge on any atom is -0.388 e. The molecule has 6 nitrogen and oxygen atoms in total. The lowest BCUT2D eigenvalue weighted by molar-refractivity contribution is -0.119. The van der Waals surface area contributed by atoms with Crippen molar-refractivity contribution in [3.8, 4) is 0 Å². The van der Waals surface area contributed by atoms with Gasteiger partial charge in [0.15, 0.2) is 5.82 Å². The Morgan fingerprint density at radius 3 is 2.68 bits per heavy atom. The van der Waals surface area contributed by atoms with Crippen molar-refractivity contribution in [1.82, 2.24) is 15.3 Å². The van der Waals surface area contributed by atoms with E-state index in [9.17, 15) is 4.79 Å². The summed E-state index contributed by atoms with van der Waals surface area (Å²) in [6, 6.07) is 0. The van der Waals surface area contributed by atoms with Crippen molar-refractivity contribution in [3.63, 3.8) is 0 Å². The fraction of sp³-hybridized carbons (Fsp3) is 0.500. The van der Waals surface area contributed by atoms with Crippen LogP contribution in [-0.2, 0) is 4.79 Å². The van der Waals surface area contributed by atoms with E-state index in [1.807, 2.05) is 13.8 Å². The highest BCUT2D eigenvalue weighted by Crippen LogP contribution is 2.12. The van der Waals surface area contributed by atoms with Crippen LogP contribution in [-0.4, -0.2) is 41.0 Å². The number of amides is 1. The van der Waals surface area contributed by atoms with E-state index in [1.165, 1.54) is 6.20 Å². The van der Waals surface area contributed by atoms with Gasteiger partial charge in [-0.25, -0.2) is 9.97 Å². The Morgan fingerprint density at radius 1 is 1.47 bits per heavy atom. The second-order valence-electron chi connectivity index (χ2n) is 4.65. The number of hydrogen-bond donors (Lipinski definition) is 2. The summed E-state index contributed by atoms with van der Waals surface area (Å²) in [6.07, 6.45) is 3.06. The fourth-order valence-electron chi connectivity index (χ4n) is 1.45. The van der Waals surface area contributed by atoms with Gasteiger partial charge in [-0.05, 0) is 5.92 Å². The van der Waals surface area contributed by atoms with E-state index in [1.54, 1.807) is 18.1 Å². The minimum atomic E-state index is -0.0734. The molecule has 0 atom stereocenters. The molecule has 7 heteroatoms. The molecule has 0 radical (unpaired) electrons. The molecular weight excluding hydrogens is 262 g/mol. The molecule has 1 aromatic heterocycles. The van der Waals surface area contributed by atoms with Crippen LogP contribution in [0, 0.1) is 5.92 Å². The third-order valence-electron chi connectivity index (χ3n) is 2.36. The Balaban J connectivity index is 2.70. The highest BCUT2D eigenvalue weighted by molar-refractivity contribution is 7.80. The van der Waals surface area contributed by atoms with Gasteiger partial charge < -0.3 is 16.0 Å². The predicted octanol–water partition coefficient (Wildman–Crippen LogP) is 0.319. The molecule has 0 spiro atoms. The van der Waals surface area contributed by atoms with Gasteiger partial charge in [-0.2, -0.15) is 0 Å². The first-order valence-corrected chi connectivity index (χ1v) is 6.41. The summed E-state index contributed by atoms with van der Waals surface area (Å²) in [5, 5.41) is 2.84. The summed E-state index contributed by atoms with van der Waals surface area (Å²) < 4.78 is 0. The lowest BCUT2D eigenvalue weighted by Gasteiger charge is -2.19. The predicted molar refractivity (Wildman–Crippen MR) is 79.0 cm³/mol. The molecule has 1 rings (SSSR count). The summed E-state index contributed by atoms with van der Waals surface area (Å²) in [6.45, 7) is 4.91. The van der Waals surface area contributed by atoms with Crippen molar-refractivity contribution in [2.45, 2.75) is 13.8 Å². The first-order valence-electron chi connectivity index (χ1n) is 6.00. The maximum absolute atomic E-state index is 11.7. The van der Waals surface area contributed by atoms with Crippen LogP contribution < -0.4 is 16.0 Å². The van der Waals surface area contributed by atoms with E-state index in [2.05, 4.69) is 15.3 Å². The largest absolute Gasteiger partial charge is 0.388 e. The normalized spacial score (nSPS) is 10.3. The van der Waals surface area contributed by atoms with Crippen molar-refractivity contribution in [1.29, 1.82) is 0 Å². The molecule has 1 heterocycles. The molecule has 104 valence electrons. The lowest BCUT2D eigenvalue weighted by atomic mass is 10.2. The van der Waals surface area contributed by atoms with Crippen LogP contribution in [0.15, 0.2) is 12.4 Å².